The molecule has 104 valence electrons. The summed E-state index contributed by atoms with van der Waals surface area (Å²) in [6, 6.07) is 14.0. The number of nitriles is 1. The number of carbonyl (C=O) groups excluding carboxylic acids is 1. The first-order chi connectivity index (χ1) is 10.1. The van der Waals surface area contributed by atoms with E-state index < -0.39 is 11.7 Å². The van der Waals surface area contributed by atoms with Crippen molar-refractivity contribution in [3.05, 3.63) is 65.5 Å². The number of rotatable bonds is 3. The maximum absolute atomic E-state index is 13.5. The second-order valence-electron chi connectivity index (χ2n) is 4.20. The van der Waals surface area contributed by atoms with Crippen molar-refractivity contribution in [1.82, 2.24) is 0 Å². The van der Waals surface area contributed by atoms with Gasteiger partial charge >= 0.3 is 0 Å². The van der Waals surface area contributed by atoms with E-state index in [0.717, 1.165) is 6.07 Å². The molecule has 4 nitrogen and oxygen atoms in total. The van der Waals surface area contributed by atoms with Gasteiger partial charge in [0.05, 0.1) is 5.69 Å². The Kier molecular flexibility index (Phi) is 4.32. The lowest BCUT2D eigenvalue weighted by Gasteiger charge is -2.06. The third-order valence-corrected chi connectivity index (χ3v) is 2.68. The Balaban J connectivity index is 2.22. The first kappa shape index (κ1) is 14.3. The Hall–Kier alpha value is -3.13. The van der Waals surface area contributed by atoms with Crippen LogP contribution < -0.4 is 5.32 Å². The summed E-state index contributed by atoms with van der Waals surface area (Å²) in [4.78, 5) is 12.0. The summed E-state index contributed by atoms with van der Waals surface area (Å²) >= 11 is 0. The lowest BCUT2D eigenvalue weighted by Crippen LogP contribution is -2.14. The van der Waals surface area contributed by atoms with Gasteiger partial charge in [0.2, 0.25) is 0 Å². The van der Waals surface area contributed by atoms with Gasteiger partial charge < -0.3 is 10.4 Å². The normalized spacial score (nSPS) is 10.8. The highest BCUT2D eigenvalue weighted by Gasteiger charge is 2.12. The Labute approximate surface area is 120 Å². The zero-order chi connectivity index (χ0) is 15.2. The van der Waals surface area contributed by atoms with Crippen molar-refractivity contribution in [2.24, 2.45) is 0 Å². The van der Waals surface area contributed by atoms with Gasteiger partial charge in [0.15, 0.2) is 0 Å². The number of aromatic hydroxyl groups is 1. The van der Waals surface area contributed by atoms with E-state index in [-0.39, 0.29) is 17.0 Å². The zero-order valence-electron chi connectivity index (χ0n) is 10.9. The van der Waals surface area contributed by atoms with Crippen LogP contribution in [0.5, 0.6) is 5.75 Å². The number of anilines is 1. The molecule has 0 aliphatic carbocycles. The summed E-state index contributed by atoms with van der Waals surface area (Å²) < 4.78 is 13.5. The average molecular weight is 282 g/mol. The van der Waals surface area contributed by atoms with E-state index in [1.807, 2.05) is 6.07 Å². The van der Waals surface area contributed by atoms with Crippen LogP contribution in [-0.2, 0) is 4.79 Å². The fourth-order valence-corrected chi connectivity index (χ4v) is 1.66. The standard InChI is InChI=1S/C16H11FN2O2/c17-14-9-13(20)6-7-15(14)19-16(21)12(10-18)8-11-4-2-1-3-5-11/h1-9,20H,(H,19,21)/b12-8+. The summed E-state index contributed by atoms with van der Waals surface area (Å²) in [6.07, 6.45) is 1.41. The van der Waals surface area contributed by atoms with Gasteiger partial charge in [-0.25, -0.2) is 4.39 Å². The van der Waals surface area contributed by atoms with Crippen molar-refractivity contribution in [1.29, 1.82) is 5.26 Å². The van der Waals surface area contributed by atoms with Gasteiger partial charge in [-0.3, -0.25) is 4.79 Å². The van der Waals surface area contributed by atoms with Gasteiger partial charge in [-0.2, -0.15) is 5.26 Å². The summed E-state index contributed by atoms with van der Waals surface area (Å²) in [7, 11) is 0. The molecule has 0 spiro atoms. The third-order valence-electron chi connectivity index (χ3n) is 2.68. The number of hydrogen-bond acceptors (Lipinski definition) is 3. The predicted octanol–water partition coefficient (Wildman–Crippen LogP) is 3.08. The molecule has 0 radical (unpaired) electrons. The second kappa shape index (κ2) is 6.35. The molecule has 2 aromatic carbocycles. The van der Waals surface area contributed by atoms with Crippen LogP contribution in [0.3, 0.4) is 0 Å². The topological polar surface area (TPSA) is 73.1 Å². The number of nitrogens with one attached hydrogen (secondary N) is 1. The van der Waals surface area contributed by atoms with E-state index in [1.54, 1.807) is 30.3 Å². The Morgan fingerprint density at radius 2 is 1.95 bits per heavy atom. The van der Waals surface area contributed by atoms with E-state index in [2.05, 4.69) is 5.32 Å². The Morgan fingerprint density at radius 3 is 2.57 bits per heavy atom. The highest BCUT2D eigenvalue weighted by molar-refractivity contribution is 6.09. The molecule has 0 aliphatic heterocycles. The fourth-order valence-electron chi connectivity index (χ4n) is 1.66. The molecule has 2 aromatic rings. The molecule has 0 saturated carbocycles. The fraction of sp³-hybridized carbons (Fsp3) is 0. The molecule has 0 fully saturated rings. The molecule has 5 heteroatoms. The van der Waals surface area contributed by atoms with Crippen molar-refractivity contribution in [2.75, 3.05) is 5.32 Å². The number of amides is 1. The molecule has 0 atom stereocenters. The van der Waals surface area contributed by atoms with E-state index in [4.69, 9.17) is 10.4 Å². The number of carbonyl (C=O) groups is 1. The van der Waals surface area contributed by atoms with Crippen LogP contribution >= 0.6 is 0 Å². The van der Waals surface area contributed by atoms with Gasteiger partial charge in [-0.15, -0.1) is 0 Å². The van der Waals surface area contributed by atoms with Crippen molar-refractivity contribution in [3.63, 3.8) is 0 Å². The van der Waals surface area contributed by atoms with E-state index >= 15 is 0 Å². The molecule has 0 aromatic heterocycles. The summed E-state index contributed by atoms with van der Waals surface area (Å²) in [5.41, 5.74) is 0.441. The maximum Gasteiger partial charge on any atom is 0.266 e. The molecule has 1 amide bonds. The highest BCUT2D eigenvalue weighted by Crippen LogP contribution is 2.20. The van der Waals surface area contributed by atoms with E-state index in [9.17, 15) is 9.18 Å². The van der Waals surface area contributed by atoms with Gasteiger partial charge in [0.1, 0.15) is 23.2 Å². The lowest BCUT2D eigenvalue weighted by atomic mass is 10.1. The summed E-state index contributed by atoms with van der Waals surface area (Å²) in [5, 5.41) is 20.4. The predicted molar refractivity (Wildman–Crippen MR) is 76.7 cm³/mol. The van der Waals surface area contributed by atoms with Crippen LogP contribution in [0.15, 0.2) is 54.1 Å². The van der Waals surface area contributed by atoms with Crippen LogP contribution in [-0.4, -0.2) is 11.0 Å². The molecule has 2 rings (SSSR count). The van der Waals surface area contributed by atoms with Crippen LogP contribution in [0.25, 0.3) is 6.08 Å². The quantitative estimate of drug-likeness (QED) is 0.516. The minimum Gasteiger partial charge on any atom is -0.508 e. The molecule has 0 aliphatic rings. The number of phenolic OH excluding ortho intramolecular Hbond substituents is 1. The molecule has 0 bridgehead atoms. The summed E-state index contributed by atoms with van der Waals surface area (Å²) in [5.74, 6) is -1.74. The first-order valence-corrected chi connectivity index (χ1v) is 6.07. The molecule has 21 heavy (non-hydrogen) atoms. The van der Waals surface area contributed by atoms with Crippen molar-refractivity contribution in [3.8, 4) is 11.8 Å². The largest absolute Gasteiger partial charge is 0.508 e. The van der Waals surface area contributed by atoms with Crippen LogP contribution in [0.2, 0.25) is 0 Å². The Morgan fingerprint density at radius 1 is 1.24 bits per heavy atom. The molecular formula is C16H11FN2O2. The number of benzene rings is 2. The summed E-state index contributed by atoms with van der Waals surface area (Å²) in [6.45, 7) is 0. The van der Waals surface area contributed by atoms with Gasteiger partial charge in [-0.05, 0) is 23.8 Å². The van der Waals surface area contributed by atoms with Crippen LogP contribution in [0.1, 0.15) is 5.56 Å². The Bertz CT molecular complexity index is 734. The minimum atomic E-state index is -0.777. The molecule has 0 saturated heterocycles. The number of hydrogen-bond donors (Lipinski definition) is 2. The lowest BCUT2D eigenvalue weighted by molar-refractivity contribution is -0.112. The van der Waals surface area contributed by atoms with Gasteiger partial charge in [0, 0.05) is 6.07 Å². The number of halogens is 1. The monoisotopic (exact) mass is 282 g/mol. The smallest absolute Gasteiger partial charge is 0.266 e. The molecule has 2 N–H and O–H groups in total. The van der Waals surface area contributed by atoms with Crippen LogP contribution in [0.4, 0.5) is 10.1 Å². The number of phenols is 1. The molecule has 0 heterocycles. The average Bonchev–Trinajstić information content (AvgIpc) is 2.48. The first-order valence-electron chi connectivity index (χ1n) is 6.07. The van der Waals surface area contributed by atoms with E-state index in [0.29, 0.717) is 5.56 Å². The van der Waals surface area contributed by atoms with Crippen molar-refractivity contribution in [2.45, 2.75) is 0 Å². The minimum absolute atomic E-state index is 0.105. The van der Waals surface area contributed by atoms with Crippen molar-refractivity contribution >= 4 is 17.7 Å². The van der Waals surface area contributed by atoms with E-state index in [1.165, 1.54) is 18.2 Å². The SMILES string of the molecule is N#C/C(=C\c1ccccc1)C(=O)Nc1ccc(O)cc1F. The second-order valence-corrected chi connectivity index (χ2v) is 4.20. The maximum atomic E-state index is 13.5. The van der Waals surface area contributed by atoms with Gasteiger partial charge in [-0.1, -0.05) is 30.3 Å². The van der Waals surface area contributed by atoms with Gasteiger partial charge in [0.25, 0.3) is 5.91 Å². The van der Waals surface area contributed by atoms with Crippen LogP contribution in [0, 0.1) is 17.1 Å². The molecule has 0 unspecified atom stereocenters. The van der Waals surface area contributed by atoms with Crippen molar-refractivity contribution < 1.29 is 14.3 Å². The third kappa shape index (κ3) is 3.67. The number of nitrogens with zero attached hydrogens (tertiary/aromatic N) is 1. The highest BCUT2D eigenvalue weighted by atomic mass is 19.1. The zero-order valence-corrected chi connectivity index (χ0v) is 10.9. The molecular weight excluding hydrogens is 271 g/mol.